The average Bonchev–Trinajstić information content (AvgIpc) is 2.90. The van der Waals surface area contributed by atoms with E-state index in [1.165, 1.54) is 0 Å². The van der Waals surface area contributed by atoms with Gasteiger partial charge in [-0.05, 0) is 25.6 Å². The molecule has 0 radical (unpaired) electrons. The first-order valence-electron chi connectivity index (χ1n) is 6.80. The summed E-state index contributed by atoms with van der Waals surface area (Å²) in [5.74, 6) is -0.00671. The van der Waals surface area contributed by atoms with Gasteiger partial charge in [-0.1, -0.05) is 25.4 Å². The van der Waals surface area contributed by atoms with Gasteiger partial charge in [-0.3, -0.25) is 14.7 Å². The quantitative estimate of drug-likeness (QED) is 0.850. The molecule has 19 heavy (non-hydrogen) atoms. The van der Waals surface area contributed by atoms with Crippen molar-refractivity contribution in [3.8, 4) is 0 Å². The molecule has 1 saturated heterocycles. The van der Waals surface area contributed by atoms with Crippen LogP contribution < -0.4 is 0 Å². The highest BCUT2D eigenvalue weighted by atomic mass is 35.5. The van der Waals surface area contributed by atoms with Crippen LogP contribution in [0.1, 0.15) is 30.6 Å². The van der Waals surface area contributed by atoms with Gasteiger partial charge in [0.15, 0.2) is 0 Å². The van der Waals surface area contributed by atoms with Crippen LogP contribution >= 0.6 is 11.6 Å². The zero-order valence-electron chi connectivity index (χ0n) is 11.5. The van der Waals surface area contributed by atoms with Gasteiger partial charge >= 0.3 is 0 Å². The summed E-state index contributed by atoms with van der Waals surface area (Å²) >= 11 is 6.05. The number of carbonyl (C=O) groups excluding carboxylic acids is 1. The number of likely N-dealkylation sites (N-methyl/N-ethyl adjacent to an activating group) is 1. The summed E-state index contributed by atoms with van der Waals surface area (Å²) in [6, 6.07) is 2.13. The maximum absolute atomic E-state index is 12.4. The minimum absolute atomic E-state index is 0.00671. The second-order valence-electron chi connectivity index (χ2n) is 4.77. The molecular weight excluding hydrogens is 262 g/mol. The number of amides is 1. The smallest absolute Gasteiger partial charge is 0.256 e. The topological polar surface area (TPSA) is 36.4 Å². The van der Waals surface area contributed by atoms with Crippen LogP contribution in [-0.4, -0.2) is 52.9 Å². The summed E-state index contributed by atoms with van der Waals surface area (Å²) in [5.41, 5.74) is 0.504. The molecule has 0 aromatic carbocycles. The van der Waals surface area contributed by atoms with E-state index < -0.39 is 0 Å². The number of pyridine rings is 1. The molecular formula is C14H20ClN3O. The van der Waals surface area contributed by atoms with Crippen molar-refractivity contribution in [2.75, 3.05) is 26.2 Å². The van der Waals surface area contributed by atoms with Gasteiger partial charge in [0.2, 0.25) is 0 Å². The highest BCUT2D eigenvalue weighted by molar-refractivity contribution is 6.33. The fraction of sp³-hybridized carbons (Fsp3) is 0.571. The summed E-state index contributed by atoms with van der Waals surface area (Å²) in [6.45, 7) is 7.95. The van der Waals surface area contributed by atoms with Gasteiger partial charge in [-0.25, -0.2) is 0 Å². The van der Waals surface area contributed by atoms with E-state index in [-0.39, 0.29) is 5.91 Å². The van der Waals surface area contributed by atoms with Gasteiger partial charge in [0.25, 0.3) is 5.91 Å². The summed E-state index contributed by atoms with van der Waals surface area (Å²) in [6.07, 6.45) is 4.18. The van der Waals surface area contributed by atoms with Crippen molar-refractivity contribution < 1.29 is 4.79 Å². The third-order valence-corrected chi connectivity index (χ3v) is 4.11. The van der Waals surface area contributed by atoms with Gasteiger partial charge in [0.1, 0.15) is 0 Å². The fourth-order valence-electron chi connectivity index (χ4n) is 2.67. The molecule has 1 unspecified atom stereocenters. The first-order valence-corrected chi connectivity index (χ1v) is 7.18. The molecule has 1 atom stereocenters. The number of nitrogens with zero attached hydrogens (tertiary/aromatic N) is 3. The number of hydrogen-bond acceptors (Lipinski definition) is 3. The van der Waals surface area contributed by atoms with Crippen LogP contribution in [0.4, 0.5) is 0 Å². The van der Waals surface area contributed by atoms with E-state index in [1.807, 2.05) is 4.90 Å². The molecule has 4 nitrogen and oxygen atoms in total. The van der Waals surface area contributed by atoms with Crippen LogP contribution in [0.25, 0.3) is 0 Å². The molecule has 1 aromatic rings. The zero-order chi connectivity index (χ0) is 13.8. The Kier molecular flexibility index (Phi) is 4.77. The molecule has 2 rings (SSSR count). The lowest BCUT2D eigenvalue weighted by Crippen LogP contribution is -2.38. The van der Waals surface area contributed by atoms with E-state index in [0.29, 0.717) is 16.6 Å². The Morgan fingerprint density at radius 1 is 1.53 bits per heavy atom. The summed E-state index contributed by atoms with van der Waals surface area (Å²) in [5, 5.41) is 0.478. The summed E-state index contributed by atoms with van der Waals surface area (Å²) in [4.78, 5) is 20.7. The van der Waals surface area contributed by atoms with E-state index in [4.69, 9.17) is 11.6 Å². The second-order valence-corrected chi connectivity index (χ2v) is 5.18. The minimum Gasteiger partial charge on any atom is -0.337 e. The van der Waals surface area contributed by atoms with Crippen LogP contribution in [-0.2, 0) is 0 Å². The third kappa shape index (κ3) is 3.07. The SMILES string of the molecule is CCN(CC)C1CCN(C(=O)c2cnccc2Cl)C1. The molecule has 2 heterocycles. The normalized spacial score (nSPS) is 19.2. The van der Waals surface area contributed by atoms with Crippen molar-refractivity contribution in [3.63, 3.8) is 0 Å². The molecule has 1 aliphatic heterocycles. The van der Waals surface area contributed by atoms with Crippen molar-refractivity contribution >= 4 is 17.5 Å². The van der Waals surface area contributed by atoms with Crippen LogP contribution in [0, 0.1) is 0 Å². The molecule has 104 valence electrons. The lowest BCUT2D eigenvalue weighted by Gasteiger charge is -2.26. The number of hydrogen-bond donors (Lipinski definition) is 0. The van der Waals surface area contributed by atoms with Crippen molar-refractivity contribution in [2.45, 2.75) is 26.3 Å². The van der Waals surface area contributed by atoms with E-state index in [0.717, 1.165) is 32.6 Å². The molecule has 0 N–H and O–H groups in total. The van der Waals surface area contributed by atoms with Gasteiger partial charge in [-0.15, -0.1) is 0 Å². The predicted octanol–water partition coefficient (Wildman–Crippen LogP) is 2.29. The van der Waals surface area contributed by atoms with Crippen LogP contribution in [0.3, 0.4) is 0 Å². The summed E-state index contributed by atoms with van der Waals surface area (Å²) in [7, 11) is 0. The third-order valence-electron chi connectivity index (χ3n) is 3.78. The minimum atomic E-state index is -0.00671. The predicted molar refractivity (Wildman–Crippen MR) is 76.5 cm³/mol. The van der Waals surface area contributed by atoms with Crippen molar-refractivity contribution in [3.05, 3.63) is 29.0 Å². The molecule has 1 amide bonds. The number of aromatic nitrogens is 1. The number of carbonyl (C=O) groups is 1. The Morgan fingerprint density at radius 3 is 2.89 bits per heavy atom. The number of likely N-dealkylation sites (tertiary alicyclic amines) is 1. The van der Waals surface area contributed by atoms with Crippen LogP contribution in [0.2, 0.25) is 5.02 Å². The zero-order valence-corrected chi connectivity index (χ0v) is 12.2. The Balaban J connectivity index is 2.05. The fourth-order valence-corrected chi connectivity index (χ4v) is 2.86. The van der Waals surface area contributed by atoms with E-state index in [1.54, 1.807) is 18.5 Å². The molecule has 1 aromatic heterocycles. The molecule has 0 bridgehead atoms. The standard InChI is InChI=1S/C14H20ClN3O/c1-3-17(4-2)11-6-8-18(10-11)14(19)12-9-16-7-5-13(12)15/h5,7,9,11H,3-4,6,8,10H2,1-2H3. The van der Waals surface area contributed by atoms with Crippen LogP contribution in [0.15, 0.2) is 18.5 Å². The molecule has 1 fully saturated rings. The molecule has 1 aliphatic rings. The first kappa shape index (κ1) is 14.3. The Morgan fingerprint density at radius 2 is 2.26 bits per heavy atom. The number of halogens is 1. The highest BCUT2D eigenvalue weighted by Gasteiger charge is 2.30. The maximum atomic E-state index is 12.4. The van der Waals surface area contributed by atoms with Crippen molar-refractivity contribution in [2.24, 2.45) is 0 Å². The van der Waals surface area contributed by atoms with Gasteiger partial charge in [0.05, 0.1) is 10.6 Å². The molecule has 0 saturated carbocycles. The Hall–Kier alpha value is -1.13. The Bertz CT molecular complexity index is 448. The van der Waals surface area contributed by atoms with Crippen molar-refractivity contribution in [1.82, 2.24) is 14.8 Å². The van der Waals surface area contributed by atoms with E-state index >= 15 is 0 Å². The molecule has 0 spiro atoms. The largest absolute Gasteiger partial charge is 0.337 e. The second kappa shape index (κ2) is 6.35. The number of rotatable bonds is 4. The van der Waals surface area contributed by atoms with E-state index in [9.17, 15) is 4.79 Å². The lowest BCUT2D eigenvalue weighted by molar-refractivity contribution is 0.0777. The molecule has 5 heteroatoms. The monoisotopic (exact) mass is 281 g/mol. The summed E-state index contributed by atoms with van der Waals surface area (Å²) < 4.78 is 0. The van der Waals surface area contributed by atoms with Crippen molar-refractivity contribution in [1.29, 1.82) is 0 Å². The molecule has 0 aliphatic carbocycles. The highest BCUT2D eigenvalue weighted by Crippen LogP contribution is 2.21. The lowest BCUT2D eigenvalue weighted by atomic mass is 10.2. The van der Waals surface area contributed by atoms with E-state index in [2.05, 4.69) is 23.7 Å². The van der Waals surface area contributed by atoms with Gasteiger partial charge < -0.3 is 4.90 Å². The van der Waals surface area contributed by atoms with Gasteiger partial charge in [-0.2, -0.15) is 0 Å². The van der Waals surface area contributed by atoms with Crippen LogP contribution in [0.5, 0.6) is 0 Å². The van der Waals surface area contributed by atoms with Gasteiger partial charge in [0, 0.05) is 31.5 Å². The average molecular weight is 282 g/mol. The first-order chi connectivity index (χ1) is 9.17. The Labute approximate surface area is 119 Å². The maximum Gasteiger partial charge on any atom is 0.256 e.